The second-order valence-corrected chi connectivity index (χ2v) is 7.40. The van der Waals surface area contributed by atoms with Crippen molar-refractivity contribution in [2.24, 2.45) is 5.92 Å². The van der Waals surface area contributed by atoms with E-state index >= 15 is 0 Å². The molecule has 2 aliphatic rings. The molecule has 1 amide bonds. The summed E-state index contributed by atoms with van der Waals surface area (Å²) in [4.78, 5) is 31.2. The Morgan fingerprint density at radius 2 is 1.92 bits per heavy atom. The third kappa shape index (κ3) is 4.93. The summed E-state index contributed by atoms with van der Waals surface area (Å²) < 4.78 is 0. The molecule has 0 atom stereocenters. The van der Waals surface area contributed by atoms with Crippen molar-refractivity contribution < 1.29 is 9.72 Å². The summed E-state index contributed by atoms with van der Waals surface area (Å²) >= 11 is 0. The molecule has 2 heterocycles. The average molecular weight is 360 g/mol. The van der Waals surface area contributed by atoms with E-state index in [-0.39, 0.29) is 11.6 Å². The topological polar surface area (TPSA) is 79.6 Å². The molecule has 1 aliphatic carbocycles. The van der Waals surface area contributed by atoms with Crippen LogP contribution in [0.5, 0.6) is 0 Å². The second kappa shape index (κ2) is 8.96. The third-order valence-electron chi connectivity index (χ3n) is 5.61. The highest BCUT2D eigenvalue weighted by Crippen LogP contribution is 2.27. The van der Waals surface area contributed by atoms with Gasteiger partial charge >= 0.3 is 0 Å². The molecule has 7 heteroatoms. The van der Waals surface area contributed by atoms with Crippen molar-refractivity contribution in [3.63, 3.8) is 0 Å². The quantitative estimate of drug-likeness (QED) is 0.594. The first-order valence-electron chi connectivity index (χ1n) is 9.76. The molecule has 0 bridgehead atoms. The fourth-order valence-electron chi connectivity index (χ4n) is 4.03. The molecule has 0 unspecified atom stereocenters. The Kier molecular flexibility index (Phi) is 6.41. The predicted molar refractivity (Wildman–Crippen MR) is 100 cm³/mol. The summed E-state index contributed by atoms with van der Waals surface area (Å²) in [6.45, 7) is 3.02. The SMILES string of the molecule is O=C(CCC1CCCCC1)N1CCCN(c2ccc([N+](=O)[O-])cn2)CC1. The molecule has 7 nitrogen and oxygen atoms in total. The van der Waals surface area contributed by atoms with E-state index in [0.29, 0.717) is 13.0 Å². The molecule has 0 aromatic carbocycles. The minimum atomic E-state index is -0.439. The van der Waals surface area contributed by atoms with Crippen molar-refractivity contribution in [2.45, 2.75) is 51.4 Å². The van der Waals surface area contributed by atoms with Gasteiger partial charge in [0, 0.05) is 38.7 Å². The van der Waals surface area contributed by atoms with Gasteiger partial charge in [-0.1, -0.05) is 32.1 Å². The average Bonchev–Trinajstić information content (AvgIpc) is 2.93. The van der Waals surface area contributed by atoms with Gasteiger partial charge in [0.25, 0.3) is 5.69 Å². The van der Waals surface area contributed by atoms with Crippen LogP contribution in [-0.4, -0.2) is 46.9 Å². The Bertz CT molecular complexity index is 614. The van der Waals surface area contributed by atoms with Crippen LogP contribution < -0.4 is 4.90 Å². The number of nitrogens with zero attached hydrogens (tertiary/aromatic N) is 4. The number of hydrogen-bond acceptors (Lipinski definition) is 5. The number of rotatable bonds is 5. The minimum absolute atomic E-state index is 0.00286. The van der Waals surface area contributed by atoms with Crippen molar-refractivity contribution in [2.75, 3.05) is 31.1 Å². The molecule has 0 spiro atoms. The van der Waals surface area contributed by atoms with Crippen molar-refractivity contribution >= 4 is 17.4 Å². The molecule has 1 aliphatic heterocycles. The highest BCUT2D eigenvalue weighted by atomic mass is 16.6. The molecule has 0 N–H and O–H groups in total. The summed E-state index contributed by atoms with van der Waals surface area (Å²) in [5.74, 6) is 1.75. The van der Waals surface area contributed by atoms with Gasteiger partial charge in [-0.15, -0.1) is 0 Å². The fraction of sp³-hybridized carbons (Fsp3) is 0.684. The van der Waals surface area contributed by atoms with E-state index in [4.69, 9.17) is 0 Å². The highest BCUT2D eigenvalue weighted by molar-refractivity contribution is 5.76. The zero-order valence-corrected chi connectivity index (χ0v) is 15.3. The highest BCUT2D eigenvalue weighted by Gasteiger charge is 2.22. The minimum Gasteiger partial charge on any atom is -0.355 e. The van der Waals surface area contributed by atoms with Crippen LogP contribution in [0.25, 0.3) is 0 Å². The lowest BCUT2D eigenvalue weighted by Crippen LogP contribution is -2.35. The Labute approximate surface area is 154 Å². The molecule has 1 saturated heterocycles. The van der Waals surface area contributed by atoms with Gasteiger partial charge in [0.1, 0.15) is 12.0 Å². The van der Waals surface area contributed by atoms with Crippen LogP contribution in [0.3, 0.4) is 0 Å². The van der Waals surface area contributed by atoms with Crippen molar-refractivity contribution in [3.05, 3.63) is 28.4 Å². The smallest absolute Gasteiger partial charge is 0.287 e. The maximum atomic E-state index is 12.6. The van der Waals surface area contributed by atoms with Crippen LogP contribution in [0.2, 0.25) is 0 Å². The lowest BCUT2D eigenvalue weighted by Gasteiger charge is -2.25. The Morgan fingerprint density at radius 1 is 1.12 bits per heavy atom. The van der Waals surface area contributed by atoms with Crippen LogP contribution in [-0.2, 0) is 4.79 Å². The van der Waals surface area contributed by atoms with Gasteiger partial charge in [0.2, 0.25) is 5.91 Å². The number of carbonyl (C=O) groups is 1. The molecular weight excluding hydrogens is 332 g/mol. The number of hydrogen-bond donors (Lipinski definition) is 0. The van der Waals surface area contributed by atoms with Crippen molar-refractivity contribution in [1.82, 2.24) is 9.88 Å². The number of carbonyl (C=O) groups excluding carboxylic acids is 1. The van der Waals surface area contributed by atoms with Crippen LogP contribution in [0, 0.1) is 16.0 Å². The number of amides is 1. The van der Waals surface area contributed by atoms with Crippen molar-refractivity contribution in [3.8, 4) is 0 Å². The Balaban J connectivity index is 1.49. The number of aromatic nitrogens is 1. The monoisotopic (exact) mass is 360 g/mol. The molecule has 0 radical (unpaired) electrons. The Morgan fingerprint density at radius 3 is 2.62 bits per heavy atom. The Hall–Kier alpha value is -2.18. The van der Waals surface area contributed by atoms with E-state index in [9.17, 15) is 14.9 Å². The molecule has 26 heavy (non-hydrogen) atoms. The first kappa shape index (κ1) is 18.6. The third-order valence-corrected chi connectivity index (χ3v) is 5.61. The lowest BCUT2D eigenvalue weighted by molar-refractivity contribution is -0.385. The van der Waals surface area contributed by atoms with Crippen LogP contribution >= 0.6 is 0 Å². The molecular formula is C19H28N4O3. The van der Waals surface area contributed by atoms with Gasteiger partial charge in [-0.05, 0) is 24.8 Å². The van der Waals surface area contributed by atoms with E-state index in [1.807, 2.05) is 4.90 Å². The van der Waals surface area contributed by atoms with Gasteiger partial charge < -0.3 is 9.80 Å². The van der Waals surface area contributed by atoms with Crippen LogP contribution in [0.4, 0.5) is 11.5 Å². The van der Waals surface area contributed by atoms with Gasteiger partial charge in [-0.25, -0.2) is 4.98 Å². The zero-order valence-electron chi connectivity index (χ0n) is 15.3. The van der Waals surface area contributed by atoms with Crippen LogP contribution in [0.1, 0.15) is 51.4 Å². The number of anilines is 1. The first-order valence-corrected chi connectivity index (χ1v) is 9.76. The summed E-state index contributed by atoms with van der Waals surface area (Å²) in [5, 5.41) is 10.7. The molecule has 3 rings (SSSR count). The van der Waals surface area contributed by atoms with Crippen molar-refractivity contribution in [1.29, 1.82) is 0 Å². The van der Waals surface area contributed by atoms with E-state index in [1.54, 1.807) is 6.07 Å². The second-order valence-electron chi connectivity index (χ2n) is 7.40. The van der Waals surface area contributed by atoms with Gasteiger partial charge in [0.15, 0.2) is 0 Å². The van der Waals surface area contributed by atoms with Gasteiger partial charge in [-0.3, -0.25) is 14.9 Å². The lowest BCUT2D eigenvalue weighted by atomic mass is 9.86. The van der Waals surface area contributed by atoms with E-state index in [2.05, 4.69) is 9.88 Å². The molecule has 1 aromatic rings. The van der Waals surface area contributed by atoms with E-state index in [0.717, 1.165) is 44.2 Å². The first-order chi connectivity index (χ1) is 12.6. The number of nitro groups is 1. The molecule has 142 valence electrons. The largest absolute Gasteiger partial charge is 0.355 e. The standard InChI is InChI=1S/C19H28N4O3/c24-19(10-7-16-5-2-1-3-6-16)22-12-4-11-21(13-14-22)18-9-8-17(15-20-18)23(25)26/h8-9,15-16H,1-7,10-14H2. The fourth-order valence-corrected chi connectivity index (χ4v) is 4.03. The molecule has 2 fully saturated rings. The summed E-state index contributed by atoms with van der Waals surface area (Å²) in [6.07, 6.45) is 10.5. The maximum absolute atomic E-state index is 12.6. The predicted octanol–water partition coefficient (Wildman–Crippen LogP) is 3.39. The molecule has 1 saturated carbocycles. The van der Waals surface area contributed by atoms with Gasteiger partial charge in [-0.2, -0.15) is 0 Å². The molecule has 1 aromatic heterocycles. The van der Waals surface area contributed by atoms with E-state index < -0.39 is 4.92 Å². The van der Waals surface area contributed by atoms with E-state index in [1.165, 1.54) is 44.4 Å². The summed E-state index contributed by atoms with van der Waals surface area (Å²) in [7, 11) is 0. The summed E-state index contributed by atoms with van der Waals surface area (Å²) in [5.41, 5.74) is 0.00286. The zero-order chi connectivity index (χ0) is 18.4. The van der Waals surface area contributed by atoms with Crippen LogP contribution in [0.15, 0.2) is 18.3 Å². The normalized spacial score (nSPS) is 19.2. The maximum Gasteiger partial charge on any atom is 0.287 e. The number of pyridine rings is 1. The summed E-state index contributed by atoms with van der Waals surface area (Å²) in [6, 6.07) is 3.18. The van der Waals surface area contributed by atoms with Gasteiger partial charge in [0.05, 0.1) is 4.92 Å².